The van der Waals surface area contributed by atoms with E-state index in [-0.39, 0.29) is 10.7 Å². The van der Waals surface area contributed by atoms with Gasteiger partial charge in [-0.1, -0.05) is 12.1 Å². The number of halogens is 1. The van der Waals surface area contributed by atoms with E-state index in [9.17, 15) is 12.8 Å². The van der Waals surface area contributed by atoms with E-state index in [2.05, 4.69) is 9.97 Å². The molecule has 3 aromatic rings. The summed E-state index contributed by atoms with van der Waals surface area (Å²) < 4.78 is 37.9. The number of aromatic nitrogens is 3. The minimum Gasteiger partial charge on any atom is -0.284 e. The Morgan fingerprint density at radius 1 is 1.14 bits per heavy atom. The standard InChI is InChI=1S/C15H12FN3O2S/c1-22(20,21)13-5-6-14(18-10-13)19-8-7-17-15(19)11-3-2-4-12(16)9-11/h2-10H,1H3. The molecule has 112 valence electrons. The van der Waals surface area contributed by atoms with Gasteiger partial charge in [0.1, 0.15) is 17.5 Å². The maximum Gasteiger partial charge on any atom is 0.177 e. The molecule has 5 nitrogen and oxygen atoms in total. The highest BCUT2D eigenvalue weighted by Gasteiger charge is 2.11. The van der Waals surface area contributed by atoms with Crippen molar-refractivity contribution in [2.45, 2.75) is 4.90 Å². The zero-order valence-electron chi connectivity index (χ0n) is 11.6. The molecule has 0 saturated heterocycles. The van der Waals surface area contributed by atoms with Crippen LogP contribution >= 0.6 is 0 Å². The molecule has 2 aromatic heterocycles. The quantitative estimate of drug-likeness (QED) is 0.744. The van der Waals surface area contributed by atoms with Gasteiger partial charge in [0, 0.05) is 30.4 Å². The fourth-order valence-electron chi connectivity index (χ4n) is 2.06. The largest absolute Gasteiger partial charge is 0.284 e. The summed E-state index contributed by atoms with van der Waals surface area (Å²) in [6.07, 6.45) is 5.67. The van der Waals surface area contributed by atoms with E-state index in [0.717, 1.165) is 6.26 Å². The van der Waals surface area contributed by atoms with Crippen molar-refractivity contribution in [1.82, 2.24) is 14.5 Å². The van der Waals surface area contributed by atoms with E-state index < -0.39 is 9.84 Å². The van der Waals surface area contributed by atoms with Gasteiger partial charge in [-0.05, 0) is 24.3 Å². The van der Waals surface area contributed by atoms with E-state index in [1.54, 1.807) is 35.2 Å². The van der Waals surface area contributed by atoms with Crippen LogP contribution in [0.5, 0.6) is 0 Å². The maximum absolute atomic E-state index is 13.4. The number of hydrogen-bond donors (Lipinski definition) is 0. The van der Waals surface area contributed by atoms with Crippen LogP contribution in [0.3, 0.4) is 0 Å². The van der Waals surface area contributed by atoms with E-state index in [1.807, 2.05) is 0 Å². The Kier molecular flexibility index (Phi) is 3.50. The molecular weight excluding hydrogens is 305 g/mol. The molecule has 0 aliphatic heterocycles. The average Bonchev–Trinajstić information content (AvgIpc) is 2.96. The van der Waals surface area contributed by atoms with E-state index >= 15 is 0 Å². The average molecular weight is 317 g/mol. The Balaban J connectivity index is 2.06. The lowest BCUT2D eigenvalue weighted by atomic mass is 10.2. The zero-order chi connectivity index (χ0) is 15.7. The van der Waals surface area contributed by atoms with Crippen molar-refractivity contribution in [3.8, 4) is 17.2 Å². The first-order valence-corrected chi connectivity index (χ1v) is 8.30. The number of imidazole rings is 1. The lowest BCUT2D eigenvalue weighted by Gasteiger charge is -2.07. The summed E-state index contributed by atoms with van der Waals surface area (Å²) in [5.74, 6) is 0.677. The van der Waals surface area contributed by atoms with Gasteiger partial charge < -0.3 is 0 Å². The molecule has 3 rings (SSSR count). The van der Waals surface area contributed by atoms with Gasteiger partial charge in [-0.3, -0.25) is 4.57 Å². The fourth-order valence-corrected chi connectivity index (χ4v) is 2.62. The Morgan fingerprint density at radius 2 is 1.95 bits per heavy atom. The Morgan fingerprint density at radius 3 is 2.59 bits per heavy atom. The van der Waals surface area contributed by atoms with Crippen molar-refractivity contribution in [3.05, 3.63) is 60.8 Å². The number of pyridine rings is 1. The van der Waals surface area contributed by atoms with Crippen LogP contribution in [-0.2, 0) is 9.84 Å². The molecule has 0 N–H and O–H groups in total. The summed E-state index contributed by atoms with van der Waals surface area (Å²) in [6, 6.07) is 9.14. The van der Waals surface area contributed by atoms with E-state index in [4.69, 9.17) is 0 Å². The highest BCUT2D eigenvalue weighted by atomic mass is 32.2. The van der Waals surface area contributed by atoms with E-state index in [0.29, 0.717) is 17.2 Å². The van der Waals surface area contributed by atoms with Crippen molar-refractivity contribution >= 4 is 9.84 Å². The van der Waals surface area contributed by atoms with Gasteiger partial charge in [-0.15, -0.1) is 0 Å². The Hall–Kier alpha value is -2.54. The SMILES string of the molecule is CS(=O)(=O)c1ccc(-n2ccnc2-c2cccc(F)c2)nc1. The third-order valence-corrected chi connectivity index (χ3v) is 4.22. The van der Waals surface area contributed by atoms with E-state index in [1.165, 1.54) is 24.4 Å². The molecule has 0 unspecified atom stereocenters. The summed E-state index contributed by atoms with van der Waals surface area (Å²) >= 11 is 0. The normalized spacial score (nSPS) is 11.5. The van der Waals surface area contributed by atoms with Gasteiger partial charge in [0.05, 0.1) is 4.90 Å². The molecule has 0 saturated carbocycles. The number of sulfone groups is 1. The predicted molar refractivity (Wildman–Crippen MR) is 79.9 cm³/mol. The van der Waals surface area contributed by atoms with Gasteiger partial charge in [0.25, 0.3) is 0 Å². The summed E-state index contributed by atoms with van der Waals surface area (Å²) in [6.45, 7) is 0. The molecule has 22 heavy (non-hydrogen) atoms. The van der Waals surface area contributed by atoms with Crippen molar-refractivity contribution in [1.29, 1.82) is 0 Å². The van der Waals surface area contributed by atoms with Crippen LogP contribution in [0.1, 0.15) is 0 Å². The first-order chi connectivity index (χ1) is 10.4. The number of benzene rings is 1. The van der Waals surface area contributed by atoms with Crippen LogP contribution in [0.25, 0.3) is 17.2 Å². The molecular formula is C15H12FN3O2S. The lowest BCUT2D eigenvalue weighted by Crippen LogP contribution is -2.02. The third kappa shape index (κ3) is 2.75. The minimum atomic E-state index is -3.29. The highest BCUT2D eigenvalue weighted by molar-refractivity contribution is 7.90. The first-order valence-electron chi connectivity index (χ1n) is 6.41. The highest BCUT2D eigenvalue weighted by Crippen LogP contribution is 2.21. The summed E-state index contributed by atoms with van der Waals surface area (Å²) in [7, 11) is -3.29. The van der Waals surface area contributed by atoms with Gasteiger partial charge in [-0.25, -0.2) is 22.8 Å². The molecule has 0 fully saturated rings. The number of hydrogen-bond acceptors (Lipinski definition) is 4. The second kappa shape index (κ2) is 5.34. The summed E-state index contributed by atoms with van der Waals surface area (Å²) in [5.41, 5.74) is 0.610. The second-order valence-electron chi connectivity index (χ2n) is 4.76. The molecule has 2 heterocycles. The fraction of sp³-hybridized carbons (Fsp3) is 0.0667. The van der Waals surface area contributed by atoms with Gasteiger partial charge >= 0.3 is 0 Å². The van der Waals surface area contributed by atoms with Gasteiger partial charge in [0.2, 0.25) is 0 Å². The Bertz CT molecular complexity index is 918. The van der Waals surface area contributed by atoms with Crippen molar-refractivity contribution in [2.24, 2.45) is 0 Å². The minimum absolute atomic E-state index is 0.142. The molecule has 1 aromatic carbocycles. The lowest BCUT2D eigenvalue weighted by molar-refractivity contribution is 0.601. The molecule has 0 bridgehead atoms. The second-order valence-corrected chi connectivity index (χ2v) is 6.77. The number of rotatable bonds is 3. The van der Waals surface area contributed by atoms with Crippen molar-refractivity contribution in [2.75, 3.05) is 6.26 Å². The smallest absolute Gasteiger partial charge is 0.177 e. The molecule has 0 aliphatic rings. The third-order valence-electron chi connectivity index (χ3n) is 3.12. The van der Waals surface area contributed by atoms with Crippen molar-refractivity contribution < 1.29 is 12.8 Å². The molecule has 0 amide bonds. The zero-order valence-corrected chi connectivity index (χ0v) is 12.5. The summed E-state index contributed by atoms with van der Waals surface area (Å²) in [5, 5.41) is 0. The van der Waals surface area contributed by atoms with Gasteiger partial charge in [0.15, 0.2) is 9.84 Å². The number of nitrogens with zero attached hydrogens (tertiary/aromatic N) is 3. The molecule has 7 heteroatoms. The first kappa shape index (κ1) is 14.4. The Labute approximate surface area is 127 Å². The van der Waals surface area contributed by atoms with Crippen LogP contribution in [0.2, 0.25) is 0 Å². The van der Waals surface area contributed by atoms with Crippen LogP contribution < -0.4 is 0 Å². The van der Waals surface area contributed by atoms with Crippen molar-refractivity contribution in [3.63, 3.8) is 0 Å². The monoisotopic (exact) mass is 317 g/mol. The van der Waals surface area contributed by atoms with Gasteiger partial charge in [-0.2, -0.15) is 0 Å². The molecule has 0 atom stereocenters. The molecule has 0 aliphatic carbocycles. The molecule has 0 spiro atoms. The maximum atomic E-state index is 13.4. The topological polar surface area (TPSA) is 64.8 Å². The molecule has 0 radical (unpaired) electrons. The van der Waals surface area contributed by atoms with Crippen LogP contribution in [0.15, 0.2) is 59.9 Å². The predicted octanol–water partition coefficient (Wildman–Crippen LogP) is 2.48. The van der Waals surface area contributed by atoms with Crippen LogP contribution in [0, 0.1) is 5.82 Å². The van der Waals surface area contributed by atoms with Crippen LogP contribution in [-0.4, -0.2) is 29.2 Å². The summed E-state index contributed by atoms with van der Waals surface area (Å²) in [4.78, 5) is 8.50. The van der Waals surface area contributed by atoms with Crippen LogP contribution in [0.4, 0.5) is 4.39 Å².